The summed E-state index contributed by atoms with van der Waals surface area (Å²) in [6.07, 6.45) is 0. The van der Waals surface area contributed by atoms with E-state index >= 15 is 0 Å². The molecule has 0 spiro atoms. The number of aliphatic hydroxyl groups is 1. The lowest BCUT2D eigenvalue weighted by molar-refractivity contribution is -0.139. The maximum absolute atomic E-state index is 11.2. The second kappa shape index (κ2) is 5.94. The molecule has 84 valence electrons. The first-order valence-electron chi connectivity index (χ1n) is 4.17. The summed E-state index contributed by atoms with van der Waals surface area (Å²) >= 11 is 0. The van der Waals surface area contributed by atoms with E-state index in [2.05, 4.69) is 9.46 Å². The minimum atomic E-state index is -3.70. The number of aliphatic hydroxyl groups excluding tert-OH is 1. The first kappa shape index (κ1) is 13.3. The molecule has 6 nitrogen and oxygen atoms in total. The fourth-order valence-electron chi connectivity index (χ4n) is 0.743. The Bertz CT molecular complexity index is 274. The van der Waals surface area contributed by atoms with Crippen LogP contribution in [0.15, 0.2) is 0 Å². The Labute approximate surface area is 83.3 Å². The molecule has 0 aromatic heterocycles. The number of hydrogen-bond donors (Lipinski definition) is 2. The SMILES string of the molecule is CCOC(=O)CS(=O)(=O)N[C@@H](C)CO. The van der Waals surface area contributed by atoms with Crippen molar-refractivity contribution in [2.45, 2.75) is 19.9 Å². The highest BCUT2D eigenvalue weighted by molar-refractivity contribution is 7.90. The van der Waals surface area contributed by atoms with Crippen molar-refractivity contribution in [3.63, 3.8) is 0 Å². The van der Waals surface area contributed by atoms with Gasteiger partial charge in [-0.2, -0.15) is 0 Å². The molecule has 0 unspecified atom stereocenters. The normalized spacial score (nSPS) is 13.6. The van der Waals surface area contributed by atoms with Crippen molar-refractivity contribution in [2.24, 2.45) is 0 Å². The fourth-order valence-corrected chi connectivity index (χ4v) is 1.91. The summed E-state index contributed by atoms with van der Waals surface area (Å²) in [5.41, 5.74) is 0. The molecule has 0 heterocycles. The molecular weight excluding hydrogens is 210 g/mol. The molecule has 0 radical (unpaired) electrons. The zero-order valence-corrected chi connectivity index (χ0v) is 9.00. The molecule has 0 fully saturated rings. The number of rotatable bonds is 6. The molecule has 0 aliphatic carbocycles. The molecule has 0 aromatic rings. The first-order valence-corrected chi connectivity index (χ1v) is 5.83. The highest BCUT2D eigenvalue weighted by atomic mass is 32.2. The lowest BCUT2D eigenvalue weighted by Crippen LogP contribution is -2.38. The van der Waals surface area contributed by atoms with Gasteiger partial charge in [-0.05, 0) is 13.8 Å². The second-order valence-electron chi connectivity index (χ2n) is 2.77. The molecular formula is C7H15NO5S. The Balaban J connectivity index is 4.14. The van der Waals surface area contributed by atoms with E-state index in [1.165, 1.54) is 6.92 Å². The minimum absolute atomic E-state index is 0.143. The predicted molar refractivity (Wildman–Crippen MR) is 50.1 cm³/mol. The quantitative estimate of drug-likeness (QED) is 0.557. The van der Waals surface area contributed by atoms with Crippen LogP contribution in [0.4, 0.5) is 0 Å². The zero-order chi connectivity index (χ0) is 11.2. The van der Waals surface area contributed by atoms with Gasteiger partial charge in [0.15, 0.2) is 5.75 Å². The smallest absolute Gasteiger partial charge is 0.322 e. The molecule has 0 saturated carbocycles. The average molecular weight is 225 g/mol. The maximum atomic E-state index is 11.2. The third-order valence-corrected chi connectivity index (χ3v) is 2.65. The van der Waals surface area contributed by atoms with Crippen molar-refractivity contribution in [1.82, 2.24) is 4.72 Å². The van der Waals surface area contributed by atoms with Gasteiger partial charge in [0.25, 0.3) is 0 Å². The van der Waals surface area contributed by atoms with Crippen molar-refractivity contribution < 1.29 is 23.1 Å². The van der Waals surface area contributed by atoms with Gasteiger partial charge in [-0.15, -0.1) is 0 Å². The number of sulfonamides is 1. The van der Waals surface area contributed by atoms with Crippen molar-refractivity contribution in [3.8, 4) is 0 Å². The van der Waals surface area contributed by atoms with E-state index in [-0.39, 0.29) is 13.2 Å². The number of hydrogen-bond acceptors (Lipinski definition) is 5. The Morgan fingerprint density at radius 2 is 2.14 bits per heavy atom. The van der Waals surface area contributed by atoms with Crippen molar-refractivity contribution in [2.75, 3.05) is 19.0 Å². The van der Waals surface area contributed by atoms with E-state index in [0.717, 1.165) is 0 Å². The van der Waals surface area contributed by atoms with Gasteiger partial charge in [-0.3, -0.25) is 4.79 Å². The van der Waals surface area contributed by atoms with Gasteiger partial charge >= 0.3 is 5.97 Å². The summed E-state index contributed by atoms with van der Waals surface area (Å²) < 4.78 is 28.9. The van der Waals surface area contributed by atoms with Crippen LogP contribution in [-0.4, -0.2) is 44.5 Å². The number of ether oxygens (including phenoxy) is 1. The highest BCUT2D eigenvalue weighted by Crippen LogP contribution is 1.91. The fraction of sp³-hybridized carbons (Fsp3) is 0.857. The van der Waals surface area contributed by atoms with Gasteiger partial charge in [0, 0.05) is 6.04 Å². The van der Waals surface area contributed by atoms with E-state index in [1.54, 1.807) is 6.92 Å². The van der Waals surface area contributed by atoms with Crippen LogP contribution in [0.25, 0.3) is 0 Å². The lowest BCUT2D eigenvalue weighted by Gasteiger charge is -2.10. The van der Waals surface area contributed by atoms with E-state index in [9.17, 15) is 13.2 Å². The average Bonchev–Trinajstić information content (AvgIpc) is 2.02. The zero-order valence-electron chi connectivity index (χ0n) is 8.19. The molecule has 7 heteroatoms. The summed E-state index contributed by atoms with van der Waals surface area (Å²) in [6, 6.07) is -0.602. The van der Waals surface area contributed by atoms with Gasteiger partial charge in [0.2, 0.25) is 10.0 Å². The molecule has 0 amide bonds. The molecule has 2 N–H and O–H groups in total. The van der Waals surface area contributed by atoms with Crippen LogP contribution < -0.4 is 4.72 Å². The van der Waals surface area contributed by atoms with E-state index in [0.29, 0.717) is 0 Å². The van der Waals surface area contributed by atoms with Crippen molar-refractivity contribution in [3.05, 3.63) is 0 Å². The van der Waals surface area contributed by atoms with Crippen LogP contribution >= 0.6 is 0 Å². The van der Waals surface area contributed by atoms with Gasteiger partial charge in [-0.25, -0.2) is 13.1 Å². The van der Waals surface area contributed by atoms with Gasteiger partial charge in [0.1, 0.15) is 0 Å². The van der Waals surface area contributed by atoms with Gasteiger partial charge in [0.05, 0.1) is 13.2 Å². The Kier molecular flexibility index (Phi) is 5.66. The Morgan fingerprint density at radius 3 is 2.57 bits per heavy atom. The summed E-state index contributed by atoms with van der Waals surface area (Å²) in [5, 5.41) is 8.59. The Hall–Kier alpha value is -0.660. The molecule has 1 atom stereocenters. The summed E-state index contributed by atoms with van der Waals surface area (Å²) in [7, 11) is -3.70. The second-order valence-corrected chi connectivity index (χ2v) is 4.52. The lowest BCUT2D eigenvalue weighted by atomic mass is 10.4. The van der Waals surface area contributed by atoms with Gasteiger partial charge < -0.3 is 9.84 Å². The van der Waals surface area contributed by atoms with Crippen LogP contribution in [0.3, 0.4) is 0 Å². The molecule has 0 aliphatic rings. The monoisotopic (exact) mass is 225 g/mol. The molecule has 0 bridgehead atoms. The van der Waals surface area contributed by atoms with Crippen LogP contribution in [0.2, 0.25) is 0 Å². The van der Waals surface area contributed by atoms with E-state index in [1.807, 2.05) is 0 Å². The van der Waals surface area contributed by atoms with Crippen LogP contribution in [-0.2, 0) is 19.6 Å². The van der Waals surface area contributed by atoms with Crippen LogP contribution in [0, 0.1) is 0 Å². The number of carbonyl (C=O) groups excluding carboxylic acids is 1. The summed E-state index contributed by atoms with van der Waals surface area (Å²) in [5.74, 6) is -1.52. The van der Waals surface area contributed by atoms with Crippen molar-refractivity contribution >= 4 is 16.0 Å². The topological polar surface area (TPSA) is 92.7 Å². The summed E-state index contributed by atoms with van der Waals surface area (Å²) in [4.78, 5) is 10.8. The van der Waals surface area contributed by atoms with Crippen LogP contribution in [0.1, 0.15) is 13.8 Å². The number of carbonyl (C=O) groups is 1. The number of esters is 1. The molecule has 14 heavy (non-hydrogen) atoms. The minimum Gasteiger partial charge on any atom is -0.465 e. The molecule has 0 saturated heterocycles. The molecule has 0 aliphatic heterocycles. The third-order valence-electron chi connectivity index (χ3n) is 1.27. The van der Waals surface area contributed by atoms with Crippen molar-refractivity contribution in [1.29, 1.82) is 0 Å². The van der Waals surface area contributed by atoms with Crippen LogP contribution in [0.5, 0.6) is 0 Å². The third kappa shape index (κ3) is 5.90. The molecule has 0 aromatic carbocycles. The molecule has 0 rings (SSSR count). The van der Waals surface area contributed by atoms with Gasteiger partial charge in [-0.1, -0.05) is 0 Å². The number of nitrogens with one attached hydrogen (secondary N) is 1. The van der Waals surface area contributed by atoms with E-state index in [4.69, 9.17) is 5.11 Å². The van der Waals surface area contributed by atoms with E-state index < -0.39 is 27.8 Å². The summed E-state index contributed by atoms with van der Waals surface area (Å²) in [6.45, 7) is 2.91. The Morgan fingerprint density at radius 1 is 1.57 bits per heavy atom. The maximum Gasteiger partial charge on any atom is 0.322 e. The predicted octanol–water partition coefficient (Wildman–Crippen LogP) is -1.15. The largest absolute Gasteiger partial charge is 0.465 e. The highest BCUT2D eigenvalue weighted by Gasteiger charge is 2.19. The first-order chi connectivity index (χ1) is 6.41. The standard InChI is InChI=1S/C7H15NO5S/c1-3-13-7(10)5-14(11,12)8-6(2)4-9/h6,8-9H,3-5H2,1-2H3/t6-/m0/s1.